The van der Waals surface area contributed by atoms with Crippen molar-refractivity contribution in [1.29, 1.82) is 0 Å². The Labute approximate surface area is 143 Å². The second kappa shape index (κ2) is 6.88. The molecule has 2 aromatic rings. The first-order valence-corrected chi connectivity index (χ1v) is 8.43. The number of hydrogen-bond acceptors (Lipinski definition) is 3. The van der Waals surface area contributed by atoms with Crippen molar-refractivity contribution >= 4 is 5.78 Å². The van der Waals surface area contributed by atoms with Crippen LogP contribution in [-0.4, -0.2) is 19.0 Å². The van der Waals surface area contributed by atoms with Gasteiger partial charge in [0.15, 0.2) is 12.1 Å². The molecule has 0 radical (unpaired) electrons. The topological polar surface area (TPSA) is 35.5 Å². The molecule has 3 rings (SSSR count). The molecule has 0 aromatic heterocycles. The number of carbonyl (C=O) groups excluding carboxylic acids is 1. The van der Waals surface area contributed by atoms with Gasteiger partial charge in [-0.2, -0.15) is 0 Å². The van der Waals surface area contributed by atoms with Gasteiger partial charge in [-0.3, -0.25) is 4.79 Å². The maximum Gasteiger partial charge on any atom is 0.193 e. The lowest BCUT2D eigenvalue weighted by atomic mass is 9.86. The fraction of sp³-hybridized carbons (Fsp3) is 0.381. The fourth-order valence-corrected chi connectivity index (χ4v) is 2.76. The van der Waals surface area contributed by atoms with Crippen molar-refractivity contribution in [3.05, 3.63) is 70.8 Å². The first kappa shape index (κ1) is 16.9. The highest BCUT2D eigenvalue weighted by Crippen LogP contribution is 2.25. The van der Waals surface area contributed by atoms with Crippen LogP contribution in [-0.2, 0) is 14.9 Å². The summed E-state index contributed by atoms with van der Waals surface area (Å²) in [5.41, 5.74) is 3.65. The van der Waals surface area contributed by atoms with E-state index >= 15 is 0 Å². The Hall–Kier alpha value is -1.97. The van der Waals surface area contributed by atoms with Crippen LogP contribution in [0.1, 0.15) is 60.5 Å². The zero-order valence-corrected chi connectivity index (χ0v) is 14.5. The summed E-state index contributed by atoms with van der Waals surface area (Å²) in [6.07, 6.45) is 0.617. The van der Waals surface area contributed by atoms with E-state index in [1.165, 1.54) is 5.56 Å². The zero-order valence-electron chi connectivity index (χ0n) is 14.5. The second-order valence-electron chi connectivity index (χ2n) is 7.21. The summed E-state index contributed by atoms with van der Waals surface area (Å²) in [7, 11) is 0. The summed E-state index contributed by atoms with van der Waals surface area (Å²) in [4.78, 5) is 12.6. The molecule has 1 aliphatic rings. The number of hydrogen-bond donors (Lipinski definition) is 0. The van der Waals surface area contributed by atoms with E-state index in [9.17, 15) is 4.79 Å². The molecular weight excluding hydrogens is 300 g/mol. The van der Waals surface area contributed by atoms with Crippen molar-refractivity contribution in [1.82, 2.24) is 0 Å². The van der Waals surface area contributed by atoms with Gasteiger partial charge in [0.2, 0.25) is 0 Å². The van der Waals surface area contributed by atoms with Crippen molar-refractivity contribution in [3.8, 4) is 0 Å². The Morgan fingerprint density at radius 1 is 0.875 bits per heavy atom. The Balaban J connectivity index is 1.75. The van der Waals surface area contributed by atoms with E-state index < -0.39 is 0 Å². The van der Waals surface area contributed by atoms with Crippen LogP contribution in [0, 0.1) is 0 Å². The lowest BCUT2D eigenvalue weighted by Gasteiger charge is -2.23. The van der Waals surface area contributed by atoms with Crippen LogP contribution in [0.3, 0.4) is 0 Å². The Bertz CT molecular complexity index is 687. The van der Waals surface area contributed by atoms with Crippen molar-refractivity contribution in [3.63, 3.8) is 0 Å². The molecule has 0 spiro atoms. The third-order valence-corrected chi connectivity index (χ3v) is 4.29. The summed E-state index contributed by atoms with van der Waals surface area (Å²) in [6, 6.07) is 15.4. The van der Waals surface area contributed by atoms with Gasteiger partial charge in [0.05, 0.1) is 13.2 Å². The molecule has 0 N–H and O–H groups in total. The van der Waals surface area contributed by atoms with Gasteiger partial charge in [0.25, 0.3) is 0 Å². The number of rotatable bonds is 3. The Morgan fingerprint density at radius 3 is 1.88 bits per heavy atom. The van der Waals surface area contributed by atoms with Crippen molar-refractivity contribution in [2.75, 3.05) is 13.2 Å². The van der Waals surface area contributed by atoms with Gasteiger partial charge < -0.3 is 9.47 Å². The van der Waals surface area contributed by atoms with Crippen LogP contribution in [0.25, 0.3) is 0 Å². The molecule has 0 amide bonds. The molecule has 1 fully saturated rings. The molecule has 3 heteroatoms. The minimum absolute atomic E-state index is 0.0347. The van der Waals surface area contributed by atoms with E-state index in [2.05, 4.69) is 20.8 Å². The first-order chi connectivity index (χ1) is 11.4. The molecule has 24 heavy (non-hydrogen) atoms. The van der Waals surface area contributed by atoms with E-state index in [4.69, 9.17) is 9.47 Å². The van der Waals surface area contributed by atoms with Crippen molar-refractivity contribution in [2.24, 2.45) is 0 Å². The summed E-state index contributed by atoms with van der Waals surface area (Å²) < 4.78 is 11.2. The fourth-order valence-electron chi connectivity index (χ4n) is 2.76. The highest BCUT2D eigenvalue weighted by atomic mass is 16.7. The highest BCUT2D eigenvalue weighted by Gasteiger charge is 2.18. The Morgan fingerprint density at radius 2 is 1.38 bits per heavy atom. The minimum atomic E-state index is -0.311. The van der Waals surface area contributed by atoms with Crippen LogP contribution >= 0.6 is 0 Å². The predicted molar refractivity (Wildman–Crippen MR) is 94.3 cm³/mol. The van der Waals surface area contributed by atoms with Gasteiger partial charge >= 0.3 is 0 Å². The van der Waals surface area contributed by atoms with Gasteiger partial charge in [0.1, 0.15) is 0 Å². The third kappa shape index (κ3) is 3.74. The van der Waals surface area contributed by atoms with Crippen LogP contribution in [0.4, 0.5) is 0 Å². The van der Waals surface area contributed by atoms with Gasteiger partial charge in [-0.15, -0.1) is 0 Å². The lowest BCUT2D eigenvalue weighted by Crippen LogP contribution is -2.17. The molecule has 1 aliphatic heterocycles. The van der Waals surface area contributed by atoms with Gasteiger partial charge in [-0.1, -0.05) is 69.3 Å². The van der Waals surface area contributed by atoms with E-state index in [0.29, 0.717) is 24.3 Å². The van der Waals surface area contributed by atoms with Crippen LogP contribution in [0.2, 0.25) is 0 Å². The van der Waals surface area contributed by atoms with Crippen molar-refractivity contribution < 1.29 is 14.3 Å². The van der Waals surface area contributed by atoms with Crippen LogP contribution in [0.15, 0.2) is 48.5 Å². The van der Waals surface area contributed by atoms with Crippen molar-refractivity contribution in [2.45, 2.75) is 38.9 Å². The second-order valence-corrected chi connectivity index (χ2v) is 7.21. The maximum absolute atomic E-state index is 12.6. The highest BCUT2D eigenvalue weighted by molar-refractivity contribution is 6.09. The van der Waals surface area contributed by atoms with Gasteiger partial charge in [0, 0.05) is 16.7 Å². The van der Waals surface area contributed by atoms with E-state index in [-0.39, 0.29) is 17.5 Å². The molecule has 0 unspecified atom stereocenters. The number of benzene rings is 2. The van der Waals surface area contributed by atoms with E-state index in [1.54, 1.807) is 0 Å². The normalized spacial score (nSPS) is 16.1. The summed E-state index contributed by atoms with van der Waals surface area (Å²) in [5, 5.41) is 0. The standard InChI is InChI=1S/C21H24O3/c1-21(2,3)18-11-9-16(10-12-18)19(22)15-5-7-17(8-6-15)20-23-13-4-14-24-20/h5-12,20H,4,13-14H2,1-3H3. The molecule has 0 atom stereocenters. The smallest absolute Gasteiger partial charge is 0.193 e. The molecule has 0 bridgehead atoms. The first-order valence-electron chi connectivity index (χ1n) is 8.43. The number of carbonyl (C=O) groups is 1. The quantitative estimate of drug-likeness (QED) is 0.771. The molecule has 0 aliphatic carbocycles. The largest absolute Gasteiger partial charge is 0.348 e. The predicted octanol–water partition coefficient (Wildman–Crippen LogP) is 4.65. The summed E-state index contributed by atoms with van der Waals surface area (Å²) >= 11 is 0. The average molecular weight is 324 g/mol. The average Bonchev–Trinajstić information content (AvgIpc) is 2.61. The van der Waals surface area contributed by atoms with E-state index in [0.717, 1.165) is 12.0 Å². The molecular formula is C21H24O3. The zero-order chi connectivity index (χ0) is 17.2. The van der Waals surface area contributed by atoms with E-state index in [1.807, 2.05) is 48.5 Å². The summed E-state index contributed by atoms with van der Waals surface area (Å²) in [6.45, 7) is 7.92. The SMILES string of the molecule is CC(C)(C)c1ccc(C(=O)c2ccc(C3OCCCO3)cc2)cc1. The molecule has 3 nitrogen and oxygen atoms in total. The minimum Gasteiger partial charge on any atom is -0.348 e. The Kier molecular flexibility index (Phi) is 4.83. The maximum atomic E-state index is 12.6. The lowest BCUT2D eigenvalue weighted by molar-refractivity contribution is -0.183. The molecule has 126 valence electrons. The van der Waals surface area contributed by atoms with Crippen LogP contribution < -0.4 is 0 Å². The summed E-state index contributed by atoms with van der Waals surface area (Å²) in [5.74, 6) is 0.0347. The van der Waals surface area contributed by atoms with Crippen LogP contribution in [0.5, 0.6) is 0 Å². The van der Waals surface area contributed by atoms with Gasteiger partial charge in [-0.25, -0.2) is 0 Å². The molecule has 1 saturated heterocycles. The molecule has 2 aromatic carbocycles. The third-order valence-electron chi connectivity index (χ3n) is 4.29. The molecule has 0 saturated carbocycles. The monoisotopic (exact) mass is 324 g/mol. The van der Waals surface area contributed by atoms with Gasteiger partial charge in [-0.05, 0) is 17.4 Å². The number of ketones is 1. The number of ether oxygens (including phenoxy) is 2. The molecule has 1 heterocycles.